The highest BCUT2D eigenvalue weighted by Crippen LogP contribution is 2.27. The highest BCUT2D eigenvalue weighted by atomic mass is 16.1. The quantitative estimate of drug-likeness (QED) is 0.701. The third kappa shape index (κ3) is 1.58. The second-order valence-corrected chi connectivity index (χ2v) is 3.51. The van der Waals surface area contributed by atoms with Gasteiger partial charge in [0.1, 0.15) is 6.04 Å². The SMILES string of the molecule is CC(=O)[C@@H]1N=NC[C@H]1c1ccccc1. The smallest absolute Gasteiger partial charge is 0.156 e. The van der Waals surface area contributed by atoms with E-state index in [0.717, 1.165) is 5.56 Å². The van der Waals surface area contributed by atoms with Crippen LogP contribution in [-0.4, -0.2) is 18.4 Å². The van der Waals surface area contributed by atoms with E-state index in [1.165, 1.54) is 0 Å². The van der Waals surface area contributed by atoms with E-state index in [9.17, 15) is 4.79 Å². The fraction of sp³-hybridized carbons (Fsp3) is 0.364. The standard InChI is InChI=1S/C11H12N2O/c1-8(14)11-10(7-12-13-11)9-5-3-2-4-6-9/h2-6,10-11H,7H2,1H3/t10-,11-/m0/s1. The van der Waals surface area contributed by atoms with E-state index in [2.05, 4.69) is 10.2 Å². The highest BCUT2D eigenvalue weighted by molar-refractivity contribution is 5.83. The second kappa shape index (κ2) is 3.70. The van der Waals surface area contributed by atoms with Gasteiger partial charge >= 0.3 is 0 Å². The Hall–Kier alpha value is -1.51. The summed E-state index contributed by atoms with van der Waals surface area (Å²) in [6.45, 7) is 2.21. The lowest BCUT2D eigenvalue weighted by Crippen LogP contribution is -2.22. The van der Waals surface area contributed by atoms with Crippen LogP contribution in [0.25, 0.3) is 0 Å². The molecule has 0 saturated carbocycles. The van der Waals surface area contributed by atoms with Crippen molar-refractivity contribution in [2.24, 2.45) is 10.2 Å². The van der Waals surface area contributed by atoms with E-state index in [1.54, 1.807) is 6.92 Å². The fourth-order valence-electron chi connectivity index (χ4n) is 1.76. The zero-order valence-electron chi connectivity index (χ0n) is 8.05. The molecule has 1 aromatic rings. The van der Waals surface area contributed by atoms with E-state index < -0.39 is 0 Å². The van der Waals surface area contributed by atoms with Crippen molar-refractivity contribution < 1.29 is 4.79 Å². The zero-order chi connectivity index (χ0) is 9.97. The van der Waals surface area contributed by atoms with Crippen molar-refractivity contribution >= 4 is 5.78 Å². The van der Waals surface area contributed by atoms with Gasteiger partial charge < -0.3 is 0 Å². The summed E-state index contributed by atoms with van der Waals surface area (Å²) < 4.78 is 0. The number of ketones is 1. The minimum absolute atomic E-state index is 0.0973. The van der Waals surface area contributed by atoms with Crippen LogP contribution >= 0.6 is 0 Å². The fourth-order valence-corrected chi connectivity index (χ4v) is 1.76. The van der Waals surface area contributed by atoms with Crippen molar-refractivity contribution in [2.75, 3.05) is 6.54 Å². The number of carbonyl (C=O) groups is 1. The first kappa shape index (κ1) is 9.06. The topological polar surface area (TPSA) is 41.8 Å². The molecular weight excluding hydrogens is 176 g/mol. The zero-order valence-corrected chi connectivity index (χ0v) is 8.05. The van der Waals surface area contributed by atoms with Crippen LogP contribution in [0.3, 0.4) is 0 Å². The molecule has 14 heavy (non-hydrogen) atoms. The predicted octanol–water partition coefficient (Wildman–Crippen LogP) is 2.19. The number of azo groups is 1. The molecule has 2 atom stereocenters. The summed E-state index contributed by atoms with van der Waals surface area (Å²) in [4.78, 5) is 11.3. The van der Waals surface area contributed by atoms with Crippen molar-refractivity contribution in [3.05, 3.63) is 35.9 Å². The van der Waals surface area contributed by atoms with Crippen molar-refractivity contribution in [1.29, 1.82) is 0 Å². The molecule has 0 radical (unpaired) electrons. The predicted molar refractivity (Wildman–Crippen MR) is 53.4 cm³/mol. The normalized spacial score (nSPS) is 25.2. The van der Waals surface area contributed by atoms with E-state index in [4.69, 9.17) is 0 Å². The van der Waals surface area contributed by atoms with Crippen LogP contribution in [0.2, 0.25) is 0 Å². The van der Waals surface area contributed by atoms with Gasteiger partial charge in [-0.05, 0) is 12.5 Å². The minimum atomic E-state index is -0.266. The van der Waals surface area contributed by atoms with Crippen molar-refractivity contribution in [1.82, 2.24) is 0 Å². The molecule has 1 aromatic carbocycles. The number of hydrogen-bond donors (Lipinski definition) is 0. The van der Waals surface area contributed by atoms with Crippen molar-refractivity contribution in [3.8, 4) is 0 Å². The van der Waals surface area contributed by atoms with Gasteiger partial charge in [0.25, 0.3) is 0 Å². The van der Waals surface area contributed by atoms with Crippen LogP contribution in [-0.2, 0) is 4.79 Å². The Morgan fingerprint density at radius 1 is 1.36 bits per heavy atom. The minimum Gasteiger partial charge on any atom is -0.298 e. The van der Waals surface area contributed by atoms with Crippen molar-refractivity contribution in [3.63, 3.8) is 0 Å². The largest absolute Gasteiger partial charge is 0.298 e. The van der Waals surface area contributed by atoms with Crippen LogP contribution < -0.4 is 0 Å². The molecule has 0 saturated heterocycles. The first-order valence-electron chi connectivity index (χ1n) is 4.71. The maximum atomic E-state index is 11.3. The van der Waals surface area contributed by atoms with Gasteiger partial charge in [-0.1, -0.05) is 30.3 Å². The van der Waals surface area contributed by atoms with Gasteiger partial charge in [0.05, 0.1) is 6.54 Å². The van der Waals surface area contributed by atoms with Crippen molar-refractivity contribution in [2.45, 2.75) is 18.9 Å². The van der Waals surface area contributed by atoms with Gasteiger partial charge in [-0.15, -0.1) is 0 Å². The van der Waals surface area contributed by atoms with E-state index >= 15 is 0 Å². The molecule has 1 aliphatic heterocycles. The molecule has 0 spiro atoms. The van der Waals surface area contributed by atoms with Gasteiger partial charge in [-0.25, -0.2) is 0 Å². The number of benzene rings is 1. The van der Waals surface area contributed by atoms with Gasteiger partial charge in [-0.3, -0.25) is 4.79 Å². The van der Waals surface area contributed by atoms with Gasteiger partial charge in [-0.2, -0.15) is 10.2 Å². The maximum Gasteiger partial charge on any atom is 0.156 e. The average molecular weight is 188 g/mol. The molecule has 1 aliphatic rings. The second-order valence-electron chi connectivity index (χ2n) is 3.51. The van der Waals surface area contributed by atoms with Gasteiger partial charge in [0, 0.05) is 5.92 Å². The lowest BCUT2D eigenvalue weighted by molar-refractivity contribution is -0.118. The summed E-state index contributed by atoms with van der Waals surface area (Å²) >= 11 is 0. The van der Waals surface area contributed by atoms with Crippen LogP contribution in [0, 0.1) is 0 Å². The molecule has 3 heteroatoms. The summed E-state index contributed by atoms with van der Waals surface area (Å²) in [5.41, 5.74) is 1.15. The number of carbonyl (C=O) groups excluding carboxylic acids is 1. The van der Waals surface area contributed by atoms with E-state index in [0.29, 0.717) is 6.54 Å². The van der Waals surface area contributed by atoms with Gasteiger partial charge in [0.2, 0.25) is 0 Å². The summed E-state index contributed by atoms with van der Waals surface area (Å²) in [6.07, 6.45) is 0. The van der Waals surface area contributed by atoms with E-state index in [1.807, 2.05) is 30.3 Å². The Balaban J connectivity index is 2.24. The number of nitrogens with zero attached hydrogens (tertiary/aromatic N) is 2. The molecule has 0 fully saturated rings. The Morgan fingerprint density at radius 3 is 2.71 bits per heavy atom. The number of rotatable bonds is 2. The summed E-state index contributed by atoms with van der Waals surface area (Å²) in [5, 5.41) is 7.92. The van der Waals surface area contributed by atoms with E-state index in [-0.39, 0.29) is 17.7 Å². The van der Waals surface area contributed by atoms with Crippen LogP contribution in [0.1, 0.15) is 18.4 Å². The lowest BCUT2D eigenvalue weighted by atomic mass is 9.91. The Kier molecular flexibility index (Phi) is 2.39. The first-order chi connectivity index (χ1) is 6.79. The molecule has 0 aromatic heterocycles. The number of Topliss-reactive ketones (excluding diaryl/α,β-unsaturated/α-hetero) is 1. The molecule has 72 valence electrons. The maximum absolute atomic E-state index is 11.3. The summed E-state index contributed by atoms with van der Waals surface area (Å²) in [7, 11) is 0. The van der Waals surface area contributed by atoms with Crippen LogP contribution in [0.5, 0.6) is 0 Å². The van der Waals surface area contributed by atoms with Crippen LogP contribution in [0.4, 0.5) is 0 Å². The molecule has 1 heterocycles. The highest BCUT2D eigenvalue weighted by Gasteiger charge is 2.30. The molecule has 0 aliphatic carbocycles. The molecule has 2 rings (SSSR count). The van der Waals surface area contributed by atoms with Crippen LogP contribution in [0.15, 0.2) is 40.6 Å². The number of hydrogen-bond acceptors (Lipinski definition) is 3. The molecule has 0 bridgehead atoms. The average Bonchev–Trinajstić information content (AvgIpc) is 2.67. The summed E-state index contributed by atoms with van der Waals surface area (Å²) in [6, 6.07) is 9.71. The Bertz CT molecular complexity index is 359. The Morgan fingerprint density at radius 2 is 2.07 bits per heavy atom. The molecule has 0 amide bonds. The third-order valence-corrected chi connectivity index (χ3v) is 2.51. The monoisotopic (exact) mass is 188 g/mol. The van der Waals surface area contributed by atoms with Gasteiger partial charge in [0.15, 0.2) is 5.78 Å². The lowest BCUT2D eigenvalue weighted by Gasteiger charge is -2.13. The molecule has 3 nitrogen and oxygen atoms in total. The molecule has 0 unspecified atom stereocenters. The Labute approximate surface area is 82.9 Å². The summed E-state index contributed by atoms with van der Waals surface area (Å²) in [5.74, 6) is 0.244. The third-order valence-electron chi connectivity index (χ3n) is 2.51. The molecular formula is C11H12N2O. The first-order valence-corrected chi connectivity index (χ1v) is 4.71. The molecule has 0 N–H and O–H groups in total.